The van der Waals surface area contributed by atoms with E-state index in [9.17, 15) is 24.5 Å². The van der Waals surface area contributed by atoms with E-state index >= 15 is 0 Å². The lowest BCUT2D eigenvalue weighted by Crippen LogP contribution is -2.48. The summed E-state index contributed by atoms with van der Waals surface area (Å²) in [5.41, 5.74) is 0.583. The lowest BCUT2D eigenvalue weighted by atomic mass is 9.77. The topological polar surface area (TPSA) is 119 Å². The van der Waals surface area contributed by atoms with Gasteiger partial charge >= 0.3 is 0 Å². The molecule has 2 aromatic carbocycles. The number of nitrogens with one attached hydrogen (secondary N) is 1. The van der Waals surface area contributed by atoms with E-state index in [2.05, 4.69) is 26.1 Å². The van der Waals surface area contributed by atoms with Gasteiger partial charge in [-0.25, -0.2) is 4.90 Å². The number of rotatable bonds is 5. The molecular weight excluding hydrogens is 450 g/mol. The average Bonchev–Trinajstić information content (AvgIpc) is 3.47. The molecule has 9 heteroatoms. The molecule has 0 saturated carbocycles. The van der Waals surface area contributed by atoms with Crippen LogP contribution in [0.3, 0.4) is 0 Å². The Morgan fingerprint density at radius 2 is 1.74 bits per heavy atom. The Morgan fingerprint density at radius 3 is 2.34 bits per heavy atom. The van der Waals surface area contributed by atoms with Crippen molar-refractivity contribution in [3.63, 3.8) is 0 Å². The number of nitrogens with zero attached hydrogens (tertiary/aromatic N) is 2. The molecule has 9 nitrogen and oxygen atoms in total. The SMILES string of the molecule is CC(C)(C)c1ccc(C(=O)NC[C@]23C=C[C@@H](O2)[C@H]2C(=O)N(c4ccc([N+](=O)[O-])cc4)C(=O)[C@@H]23)cc1. The second kappa shape index (κ2) is 7.84. The van der Waals surface area contributed by atoms with Gasteiger partial charge < -0.3 is 10.1 Å². The quantitative estimate of drug-likeness (QED) is 0.307. The fourth-order valence-electron chi connectivity index (χ4n) is 5.13. The van der Waals surface area contributed by atoms with E-state index in [1.807, 2.05) is 12.1 Å². The molecule has 3 aliphatic heterocycles. The number of non-ortho nitro benzene ring substituents is 1. The van der Waals surface area contributed by atoms with Crippen LogP contribution in [0.1, 0.15) is 36.7 Å². The van der Waals surface area contributed by atoms with Crippen LogP contribution in [0.4, 0.5) is 11.4 Å². The van der Waals surface area contributed by atoms with Crippen molar-refractivity contribution in [3.05, 3.63) is 81.9 Å². The van der Waals surface area contributed by atoms with E-state index in [4.69, 9.17) is 4.74 Å². The number of ether oxygens (including phenoxy) is 1. The van der Waals surface area contributed by atoms with E-state index in [0.717, 1.165) is 10.5 Å². The van der Waals surface area contributed by atoms with Crippen molar-refractivity contribution >= 4 is 29.1 Å². The zero-order valence-corrected chi connectivity index (χ0v) is 19.6. The highest BCUT2D eigenvalue weighted by molar-refractivity contribution is 6.23. The highest BCUT2D eigenvalue weighted by Gasteiger charge is 2.67. The van der Waals surface area contributed by atoms with Crippen molar-refractivity contribution in [2.24, 2.45) is 11.8 Å². The Morgan fingerprint density at radius 1 is 1.09 bits per heavy atom. The van der Waals surface area contributed by atoms with E-state index in [-0.39, 0.29) is 29.2 Å². The fraction of sp³-hybridized carbons (Fsp3) is 0.346. The summed E-state index contributed by atoms with van der Waals surface area (Å²) in [5, 5.41) is 13.8. The molecule has 0 aliphatic carbocycles. The van der Waals surface area contributed by atoms with Gasteiger partial charge in [-0.2, -0.15) is 0 Å². The normalized spacial score (nSPS) is 26.8. The number of nitro benzene ring substituents is 1. The Balaban J connectivity index is 1.34. The van der Waals surface area contributed by atoms with Gasteiger partial charge in [-0.3, -0.25) is 24.5 Å². The largest absolute Gasteiger partial charge is 0.360 e. The van der Waals surface area contributed by atoms with Gasteiger partial charge in [0.2, 0.25) is 11.8 Å². The predicted octanol–water partition coefficient (Wildman–Crippen LogP) is 3.14. The molecule has 180 valence electrons. The maximum atomic E-state index is 13.4. The molecule has 5 rings (SSSR count). The number of carbonyl (C=O) groups is 3. The van der Waals surface area contributed by atoms with Crippen LogP contribution in [0.15, 0.2) is 60.7 Å². The Labute approximate surface area is 201 Å². The van der Waals surface area contributed by atoms with Crippen LogP contribution >= 0.6 is 0 Å². The van der Waals surface area contributed by atoms with Gasteiger partial charge in [-0.05, 0) is 35.2 Å². The molecule has 35 heavy (non-hydrogen) atoms. The van der Waals surface area contributed by atoms with Crippen molar-refractivity contribution < 1.29 is 24.0 Å². The first kappa shape index (κ1) is 22.9. The van der Waals surface area contributed by atoms with Crippen LogP contribution in [0.25, 0.3) is 0 Å². The second-order valence-corrected chi connectivity index (χ2v) is 10.2. The molecule has 0 radical (unpaired) electrons. The number of nitro groups is 1. The molecule has 0 unspecified atom stereocenters. The van der Waals surface area contributed by atoms with E-state index in [1.165, 1.54) is 24.3 Å². The van der Waals surface area contributed by atoms with Crippen molar-refractivity contribution in [2.75, 3.05) is 11.4 Å². The summed E-state index contributed by atoms with van der Waals surface area (Å²) < 4.78 is 6.07. The van der Waals surface area contributed by atoms with Crippen LogP contribution in [0, 0.1) is 22.0 Å². The smallest absolute Gasteiger partial charge is 0.269 e. The summed E-state index contributed by atoms with van der Waals surface area (Å²) >= 11 is 0. The summed E-state index contributed by atoms with van der Waals surface area (Å²) in [6.45, 7) is 6.32. The lowest BCUT2D eigenvalue weighted by molar-refractivity contribution is -0.384. The summed E-state index contributed by atoms with van der Waals surface area (Å²) in [7, 11) is 0. The van der Waals surface area contributed by atoms with Crippen LogP contribution in [-0.4, -0.2) is 40.9 Å². The number of hydrogen-bond donors (Lipinski definition) is 1. The maximum Gasteiger partial charge on any atom is 0.269 e. The summed E-state index contributed by atoms with van der Waals surface area (Å²) in [5.74, 6) is -2.64. The van der Waals surface area contributed by atoms with E-state index in [0.29, 0.717) is 5.56 Å². The molecule has 3 amide bonds. The summed E-state index contributed by atoms with van der Waals surface area (Å²) in [4.78, 5) is 50.9. The van der Waals surface area contributed by atoms with Crippen LogP contribution in [0.5, 0.6) is 0 Å². The van der Waals surface area contributed by atoms with Crippen LogP contribution in [-0.2, 0) is 19.7 Å². The first-order valence-electron chi connectivity index (χ1n) is 11.4. The molecule has 0 spiro atoms. The van der Waals surface area contributed by atoms with Crippen molar-refractivity contribution in [1.29, 1.82) is 0 Å². The third-order valence-corrected chi connectivity index (χ3v) is 7.01. The predicted molar refractivity (Wildman–Crippen MR) is 127 cm³/mol. The Hall–Kier alpha value is -3.85. The molecule has 3 aliphatic rings. The van der Waals surface area contributed by atoms with Gasteiger partial charge in [0.25, 0.3) is 11.6 Å². The maximum absolute atomic E-state index is 13.4. The molecule has 2 bridgehead atoms. The zero-order chi connectivity index (χ0) is 25.1. The highest BCUT2D eigenvalue weighted by Crippen LogP contribution is 2.52. The minimum atomic E-state index is -1.13. The minimum Gasteiger partial charge on any atom is -0.360 e. The third kappa shape index (κ3) is 3.63. The first-order chi connectivity index (χ1) is 16.5. The van der Waals surface area contributed by atoms with Crippen LogP contribution < -0.4 is 10.2 Å². The number of amides is 3. The number of imide groups is 1. The van der Waals surface area contributed by atoms with E-state index < -0.39 is 40.3 Å². The standard InChI is InChI=1S/C26H25N3O6/c1-25(2,3)16-6-4-15(5-7-16)22(30)27-14-26-13-12-19(35-26)20-21(26)24(32)28(23(20)31)17-8-10-18(11-9-17)29(33)34/h4-13,19-21H,14H2,1-3H3,(H,27,30)/t19-,20-,21-,26+/m1/s1. The van der Waals surface area contributed by atoms with E-state index in [1.54, 1.807) is 24.3 Å². The number of hydrogen-bond acceptors (Lipinski definition) is 6. The number of benzene rings is 2. The fourth-order valence-corrected chi connectivity index (χ4v) is 5.13. The van der Waals surface area contributed by atoms with Crippen molar-refractivity contribution in [1.82, 2.24) is 5.32 Å². The molecule has 3 heterocycles. The molecule has 1 N–H and O–H groups in total. The highest BCUT2D eigenvalue weighted by atomic mass is 16.6. The number of anilines is 1. The molecule has 2 saturated heterocycles. The molecule has 2 fully saturated rings. The van der Waals surface area contributed by atoms with Crippen LogP contribution in [0.2, 0.25) is 0 Å². The molecule has 4 atom stereocenters. The van der Waals surface area contributed by atoms with Gasteiger partial charge in [-0.15, -0.1) is 0 Å². The molecule has 0 aromatic heterocycles. The van der Waals surface area contributed by atoms with Gasteiger partial charge in [0.15, 0.2) is 0 Å². The number of carbonyl (C=O) groups excluding carboxylic acids is 3. The first-order valence-corrected chi connectivity index (χ1v) is 11.4. The summed E-state index contributed by atoms with van der Waals surface area (Å²) in [6.07, 6.45) is 2.95. The number of fused-ring (bicyclic) bond motifs is 5. The third-order valence-electron chi connectivity index (χ3n) is 7.01. The van der Waals surface area contributed by atoms with Gasteiger partial charge in [0.05, 0.1) is 35.1 Å². The molecular formula is C26H25N3O6. The van der Waals surface area contributed by atoms with Gasteiger partial charge in [0, 0.05) is 17.7 Å². The van der Waals surface area contributed by atoms with Crippen molar-refractivity contribution in [3.8, 4) is 0 Å². The van der Waals surface area contributed by atoms with Crippen molar-refractivity contribution in [2.45, 2.75) is 37.9 Å². The molecule has 2 aromatic rings. The monoisotopic (exact) mass is 475 g/mol. The van der Waals surface area contributed by atoms with Gasteiger partial charge in [0.1, 0.15) is 5.60 Å². The Bertz CT molecular complexity index is 1260. The minimum absolute atomic E-state index is 0.0325. The zero-order valence-electron chi connectivity index (χ0n) is 19.6. The lowest BCUT2D eigenvalue weighted by Gasteiger charge is -2.29. The summed E-state index contributed by atoms with van der Waals surface area (Å²) in [6, 6.07) is 12.7. The second-order valence-electron chi connectivity index (χ2n) is 10.2. The van der Waals surface area contributed by atoms with Gasteiger partial charge in [-0.1, -0.05) is 45.1 Å². The average molecular weight is 476 g/mol. The Kier molecular flexibility index (Phi) is 5.14.